The minimum atomic E-state index is -0.352. The van der Waals surface area contributed by atoms with Crippen molar-refractivity contribution in [2.75, 3.05) is 13.2 Å². The van der Waals surface area contributed by atoms with E-state index in [9.17, 15) is 19.8 Å². The average molecular weight is 480 g/mol. The van der Waals surface area contributed by atoms with Gasteiger partial charge in [-0.2, -0.15) is 0 Å². The standard InChI is InChI=1S/C29H37NO5/c1-2-18(14-19-8-6-7-11-24(19)32)12-13-25-26-20(16-31)15-22-27(23(26)17-35-25)29(34)30(28(22)33)21-9-4-3-5-10-21/h6-8,11,14,21-23,25,27,31-32H,2-5,9-10,12-13,15-17H2,1H3/b18-14+/t22-,23+,25-,27-/m1/s1. The van der Waals surface area contributed by atoms with E-state index in [1.165, 1.54) is 12.0 Å². The molecule has 2 saturated heterocycles. The van der Waals surface area contributed by atoms with Crippen LogP contribution >= 0.6 is 0 Å². The molecule has 1 aromatic carbocycles. The highest BCUT2D eigenvalue weighted by Gasteiger charge is 2.58. The van der Waals surface area contributed by atoms with Crippen molar-refractivity contribution < 1.29 is 24.5 Å². The minimum Gasteiger partial charge on any atom is -0.507 e. The molecular weight excluding hydrogens is 442 g/mol. The van der Waals surface area contributed by atoms with Crippen LogP contribution in [0.4, 0.5) is 0 Å². The minimum absolute atomic E-state index is 0.00987. The number of phenols is 1. The summed E-state index contributed by atoms with van der Waals surface area (Å²) in [6.07, 6.45) is 9.95. The van der Waals surface area contributed by atoms with Crippen LogP contribution in [-0.4, -0.2) is 52.3 Å². The molecule has 3 fully saturated rings. The Morgan fingerprint density at radius 3 is 2.60 bits per heavy atom. The van der Waals surface area contributed by atoms with E-state index in [0.29, 0.717) is 13.0 Å². The summed E-state index contributed by atoms with van der Waals surface area (Å²) in [5, 5.41) is 20.4. The van der Waals surface area contributed by atoms with E-state index in [1.807, 2.05) is 24.3 Å². The molecule has 2 N–H and O–H groups in total. The second-order valence-electron chi connectivity index (χ2n) is 10.6. The Hall–Kier alpha value is -2.44. The highest BCUT2D eigenvalue weighted by Crippen LogP contribution is 2.50. The Bertz CT molecular complexity index is 1040. The second-order valence-corrected chi connectivity index (χ2v) is 10.6. The number of hydrogen-bond donors (Lipinski definition) is 2. The van der Waals surface area contributed by atoms with Crippen molar-refractivity contribution in [3.8, 4) is 5.75 Å². The third kappa shape index (κ3) is 4.47. The molecule has 1 saturated carbocycles. The highest BCUT2D eigenvalue weighted by molar-refractivity contribution is 6.06. The molecule has 6 nitrogen and oxygen atoms in total. The Labute approximate surface area is 207 Å². The van der Waals surface area contributed by atoms with Gasteiger partial charge in [-0.3, -0.25) is 14.5 Å². The molecular formula is C29H37NO5. The van der Waals surface area contributed by atoms with Gasteiger partial charge in [0.05, 0.1) is 31.2 Å². The van der Waals surface area contributed by atoms with E-state index in [1.54, 1.807) is 11.0 Å². The molecule has 6 heteroatoms. The molecule has 0 unspecified atom stereocenters. The molecule has 4 atom stereocenters. The summed E-state index contributed by atoms with van der Waals surface area (Å²) in [5.74, 6) is -0.579. The number of carbonyl (C=O) groups excluding carboxylic acids is 2. The van der Waals surface area contributed by atoms with Gasteiger partial charge in [-0.15, -0.1) is 0 Å². The predicted molar refractivity (Wildman–Crippen MR) is 133 cm³/mol. The van der Waals surface area contributed by atoms with E-state index >= 15 is 0 Å². The van der Waals surface area contributed by atoms with Crippen LogP contribution in [0.3, 0.4) is 0 Å². The number of benzene rings is 1. The molecule has 2 aliphatic carbocycles. The maximum Gasteiger partial charge on any atom is 0.234 e. The van der Waals surface area contributed by atoms with Crippen LogP contribution in [0.1, 0.15) is 70.3 Å². The summed E-state index contributed by atoms with van der Waals surface area (Å²) >= 11 is 0. The molecule has 5 rings (SSSR count). The van der Waals surface area contributed by atoms with Gasteiger partial charge in [0.1, 0.15) is 5.75 Å². The SMILES string of the molecule is CC/C(=C\c1ccccc1O)CC[C@H]1OC[C@H]2C1=C(CO)C[C@H]1C(=O)N(C3CCCCC3)C(=O)[C@H]12. The van der Waals surface area contributed by atoms with Crippen molar-refractivity contribution in [3.05, 3.63) is 46.5 Å². The Morgan fingerprint density at radius 1 is 1.11 bits per heavy atom. The first-order valence-electron chi connectivity index (χ1n) is 13.3. The van der Waals surface area contributed by atoms with Gasteiger partial charge in [-0.25, -0.2) is 0 Å². The summed E-state index contributed by atoms with van der Waals surface area (Å²) in [5.41, 5.74) is 3.99. The average Bonchev–Trinajstić information content (AvgIpc) is 3.41. The van der Waals surface area contributed by atoms with Gasteiger partial charge in [0.2, 0.25) is 11.8 Å². The normalized spacial score (nSPS) is 29.7. The fourth-order valence-corrected chi connectivity index (χ4v) is 6.84. The van der Waals surface area contributed by atoms with Crippen LogP contribution in [0.25, 0.3) is 6.08 Å². The number of para-hydroxylation sites is 1. The number of allylic oxidation sites excluding steroid dienone is 1. The Kier molecular flexibility index (Phi) is 7.12. The highest BCUT2D eigenvalue weighted by atomic mass is 16.5. The monoisotopic (exact) mass is 479 g/mol. The Balaban J connectivity index is 1.34. The second kappa shape index (κ2) is 10.3. The van der Waals surface area contributed by atoms with Gasteiger partial charge in [-0.05, 0) is 55.7 Å². The van der Waals surface area contributed by atoms with Crippen molar-refractivity contribution in [3.63, 3.8) is 0 Å². The first-order chi connectivity index (χ1) is 17.0. The van der Waals surface area contributed by atoms with E-state index in [4.69, 9.17) is 4.74 Å². The fraction of sp³-hybridized carbons (Fsp3) is 0.586. The van der Waals surface area contributed by atoms with E-state index in [-0.39, 0.29) is 54.1 Å². The van der Waals surface area contributed by atoms with E-state index in [0.717, 1.165) is 61.7 Å². The molecule has 188 valence electrons. The van der Waals surface area contributed by atoms with Crippen molar-refractivity contribution in [2.45, 2.75) is 76.9 Å². The molecule has 0 aromatic heterocycles. The number of nitrogens with zero attached hydrogens (tertiary/aromatic N) is 1. The first-order valence-corrected chi connectivity index (χ1v) is 13.3. The molecule has 2 aliphatic heterocycles. The summed E-state index contributed by atoms with van der Waals surface area (Å²) < 4.78 is 6.25. The summed E-state index contributed by atoms with van der Waals surface area (Å²) in [7, 11) is 0. The molecule has 4 aliphatic rings. The number of amides is 2. The van der Waals surface area contributed by atoms with Gasteiger partial charge >= 0.3 is 0 Å². The van der Waals surface area contributed by atoms with Crippen LogP contribution in [0, 0.1) is 17.8 Å². The number of aromatic hydroxyl groups is 1. The lowest BCUT2D eigenvalue weighted by Gasteiger charge is -2.31. The summed E-state index contributed by atoms with van der Waals surface area (Å²) in [6.45, 7) is 2.46. The molecule has 1 aromatic rings. The largest absolute Gasteiger partial charge is 0.507 e. The number of imide groups is 1. The van der Waals surface area contributed by atoms with Crippen molar-refractivity contribution >= 4 is 17.9 Å². The molecule has 2 amide bonds. The maximum atomic E-state index is 13.6. The third-order valence-electron chi connectivity index (χ3n) is 8.65. The van der Waals surface area contributed by atoms with Gasteiger partial charge in [0, 0.05) is 17.5 Å². The molecule has 0 spiro atoms. The summed E-state index contributed by atoms with van der Waals surface area (Å²) in [4.78, 5) is 28.5. The van der Waals surface area contributed by atoms with Crippen LogP contribution in [0.15, 0.2) is 41.0 Å². The van der Waals surface area contributed by atoms with Gasteiger partial charge in [0.15, 0.2) is 0 Å². The van der Waals surface area contributed by atoms with Crippen LogP contribution < -0.4 is 0 Å². The zero-order valence-electron chi connectivity index (χ0n) is 20.6. The van der Waals surface area contributed by atoms with Crippen molar-refractivity contribution in [1.82, 2.24) is 4.90 Å². The van der Waals surface area contributed by atoms with E-state index < -0.39 is 0 Å². The van der Waals surface area contributed by atoms with Crippen molar-refractivity contribution in [2.24, 2.45) is 17.8 Å². The number of hydrogen-bond acceptors (Lipinski definition) is 5. The Morgan fingerprint density at radius 2 is 1.89 bits per heavy atom. The van der Waals surface area contributed by atoms with Crippen LogP contribution in [0.5, 0.6) is 5.75 Å². The van der Waals surface area contributed by atoms with Crippen LogP contribution in [-0.2, 0) is 14.3 Å². The summed E-state index contributed by atoms with van der Waals surface area (Å²) in [6, 6.07) is 7.37. The molecule has 35 heavy (non-hydrogen) atoms. The third-order valence-corrected chi connectivity index (χ3v) is 8.65. The first kappa shape index (κ1) is 24.3. The fourth-order valence-electron chi connectivity index (χ4n) is 6.84. The van der Waals surface area contributed by atoms with Crippen LogP contribution in [0.2, 0.25) is 0 Å². The van der Waals surface area contributed by atoms with E-state index in [2.05, 4.69) is 6.92 Å². The predicted octanol–water partition coefficient (Wildman–Crippen LogP) is 4.61. The number of likely N-dealkylation sites (tertiary alicyclic amines) is 1. The number of aliphatic hydroxyl groups is 1. The number of carbonyl (C=O) groups is 2. The molecule has 2 heterocycles. The zero-order valence-corrected chi connectivity index (χ0v) is 20.6. The van der Waals surface area contributed by atoms with Gasteiger partial charge in [0.25, 0.3) is 0 Å². The molecule has 0 bridgehead atoms. The zero-order chi connectivity index (χ0) is 24.5. The number of fused-ring (bicyclic) bond motifs is 3. The quantitative estimate of drug-likeness (QED) is 0.441. The number of aliphatic hydroxyl groups excluding tert-OH is 1. The number of phenolic OH excluding ortho intramolecular Hbond substituents is 1. The smallest absolute Gasteiger partial charge is 0.234 e. The topological polar surface area (TPSA) is 87.1 Å². The number of rotatable bonds is 7. The lowest BCUT2D eigenvalue weighted by atomic mass is 9.69. The lowest BCUT2D eigenvalue weighted by molar-refractivity contribution is -0.143. The molecule has 0 radical (unpaired) electrons. The maximum absolute atomic E-state index is 13.6. The van der Waals surface area contributed by atoms with Crippen molar-refractivity contribution in [1.29, 1.82) is 0 Å². The lowest BCUT2D eigenvalue weighted by Crippen LogP contribution is -2.42. The van der Waals surface area contributed by atoms with Gasteiger partial charge in [-0.1, -0.05) is 56.0 Å². The number of ether oxygens (including phenoxy) is 1. The van der Waals surface area contributed by atoms with Gasteiger partial charge < -0.3 is 14.9 Å².